The summed E-state index contributed by atoms with van der Waals surface area (Å²) in [7, 11) is 0. The van der Waals surface area contributed by atoms with E-state index in [-0.39, 0.29) is 17.5 Å². The molecule has 0 spiro atoms. The van der Waals surface area contributed by atoms with Gasteiger partial charge < -0.3 is 5.11 Å². The first-order chi connectivity index (χ1) is 8.56. The van der Waals surface area contributed by atoms with Gasteiger partial charge in [-0.1, -0.05) is 39.0 Å². The molecule has 1 heterocycles. The molecule has 0 fully saturated rings. The van der Waals surface area contributed by atoms with Gasteiger partial charge in [0.1, 0.15) is 0 Å². The zero-order valence-corrected chi connectivity index (χ0v) is 12.4. The molecular weight excluding hydrogens is 248 g/mol. The highest BCUT2D eigenvalue weighted by molar-refractivity contribution is 7.99. The molecule has 1 aromatic heterocycles. The van der Waals surface area contributed by atoms with Crippen molar-refractivity contribution in [3.63, 3.8) is 0 Å². The van der Waals surface area contributed by atoms with E-state index in [2.05, 4.69) is 11.9 Å². The lowest BCUT2D eigenvalue weighted by molar-refractivity contribution is 0.395. The highest BCUT2D eigenvalue weighted by Crippen LogP contribution is 2.23. The lowest BCUT2D eigenvalue weighted by Gasteiger charge is -2.19. The Morgan fingerprint density at radius 3 is 2.56 bits per heavy atom. The molecule has 1 N–H and O–H groups in total. The Labute approximate surface area is 112 Å². The van der Waals surface area contributed by atoms with E-state index >= 15 is 0 Å². The Morgan fingerprint density at radius 2 is 2.06 bits per heavy atom. The van der Waals surface area contributed by atoms with Crippen LogP contribution in [0.1, 0.15) is 52.1 Å². The minimum Gasteiger partial charge on any atom is -0.493 e. The normalized spacial score (nSPS) is 12.7. The molecule has 5 heteroatoms. The molecule has 1 aromatic rings. The van der Waals surface area contributed by atoms with Crippen LogP contribution in [0.4, 0.5) is 0 Å². The van der Waals surface area contributed by atoms with Crippen molar-refractivity contribution in [2.24, 2.45) is 0 Å². The monoisotopic (exact) mass is 270 g/mol. The molecule has 0 bridgehead atoms. The van der Waals surface area contributed by atoms with Crippen LogP contribution in [-0.2, 0) is 6.42 Å². The molecule has 1 unspecified atom stereocenters. The fraction of sp³-hybridized carbons (Fsp3) is 0.692. The lowest BCUT2D eigenvalue weighted by Crippen LogP contribution is -2.29. The standard InChI is InChI=1S/C13H22N2O2S/c1-5-8-9(4)15-12(17)10(6-2)11(16)14-13(15)18-7-3/h9,16H,5-8H2,1-4H3. The fourth-order valence-corrected chi connectivity index (χ4v) is 2.83. The van der Waals surface area contributed by atoms with E-state index < -0.39 is 0 Å². The van der Waals surface area contributed by atoms with E-state index in [4.69, 9.17) is 0 Å². The van der Waals surface area contributed by atoms with E-state index in [1.54, 1.807) is 4.57 Å². The molecule has 0 saturated heterocycles. The third-order valence-corrected chi connectivity index (χ3v) is 3.76. The maximum absolute atomic E-state index is 12.4. The fourth-order valence-electron chi connectivity index (χ4n) is 2.02. The van der Waals surface area contributed by atoms with Gasteiger partial charge in [-0.3, -0.25) is 9.36 Å². The van der Waals surface area contributed by atoms with E-state index in [1.807, 2.05) is 20.8 Å². The van der Waals surface area contributed by atoms with E-state index in [0.717, 1.165) is 18.6 Å². The Kier molecular flexibility index (Phi) is 5.72. The number of hydrogen-bond acceptors (Lipinski definition) is 4. The number of rotatable bonds is 6. The molecule has 0 aliphatic heterocycles. The summed E-state index contributed by atoms with van der Waals surface area (Å²) in [4.78, 5) is 16.6. The molecule has 4 nitrogen and oxygen atoms in total. The van der Waals surface area contributed by atoms with Crippen molar-refractivity contribution in [2.45, 2.75) is 58.2 Å². The molecule has 0 aromatic carbocycles. The van der Waals surface area contributed by atoms with Crippen molar-refractivity contribution in [2.75, 3.05) is 5.75 Å². The largest absolute Gasteiger partial charge is 0.493 e. The number of aromatic hydroxyl groups is 1. The van der Waals surface area contributed by atoms with Crippen LogP contribution in [0, 0.1) is 0 Å². The van der Waals surface area contributed by atoms with Crippen LogP contribution in [-0.4, -0.2) is 20.4 Å². The van der Waals surface area contributed by atoms with E-state index in [9.17, 15) is 9.90 Å². The molecule has 0 amide bonds. The highest BCUT2D eigenvalue weighted by atomic mass is 32.2. The second-order valence-corrected chi connectivity index (χ2v) is 5.53. The summed E-state index contributed by atoms with van der Waals surface area (Å²) in [6.07, 6.45) is 2.46. The second kappa shape index (κ2) is 6.83. The lowest BCUT2D eigenvalue weighted by atomic mass is 10.2. The van der Waals surface area contributed by atoms with Crippen LogP contribution in [0.3, 0.4) is 0 Å². The van der Waals surface area contributed by atoms with Gasteiger partial charge in [0.15, 0.2) is 5.16 Å². The maximum Gasteiger partial charge on any atom is 0.261 e. The molecule has 102 valence electrons. The van der Waals surface area contributed by atoms with Crippen molar-refractivity contribution in [3.05, 3.63) is 15.9 Å². The quantitative estimate of drug-likeness (QED) is 0.638. The molecule has 18 heavy (non-hydrogen) atoms. The van der Waals surface area contributed by atoms with Crippen LogP contribution in [0.25, 0.3) is 0 Å². The average molecular weight is 270 g/mol. The molecule has 0 saturated carbocycles. The van der Waals surface area contributed by atoms with Gasteiger partial charge in [0.2, 0.25) is 5.88 Å². The van der Waals surface area contributed by atoms with Crippen molar-refractivity contribution >= 4 is 11.8 Å². The first-order valence-electron chi connectivity index (χ1n) is 6.53. The van der Waals surface area contributed by atoms with Crippen LogP contribution in [0.15, 0.2) is 9.95 Å². The first-order valence-corrected chi connectivity index (χ1v) is 7.52. The maximum atomic E-state index is 12.4. The van der Waals surface area contributed by atoms with E-state index in [0.29, 0.717) is 17.1 Å². The van der Waals surface area contributed by atoms with Crippen molar-refractivity contribution in [3.8, 4) is 5.88 Å². The van der Waals surface area contributed by atoms with Crippen molar-refractivity contribution in [1.82, 2.24) is 9.55 Å². The Morgan fingerprint density at radius 1 is 1.39 bits per heavy atom. The molecule has 0 radical (unpaired) electrons. The Hall–Kier alpha value is -0.970. The average Bonchev–Trinajstić information content (AvgIpc) is 2.29. The number of aromatic nitrogens is 2. The summed E-state index contributed by atoms with van der Waals surface area (Å²) >= 11 is 1.50. The summed E-state index contributed by atoms with van der Waals surface area (Å²) in [5, 5.41) is 10.4. The van der Waals surface area contributed by atoms with Gasteiger partial charge in [-0.15, -0.1) is 0 Å². The van der Waals surface area contributed by atoms with Gasteiger partial charge in [-0.2, -0.15) is 4.98 Å². The predicted octanol–water partition coefficient (Wildman–Crippen LogP) is 2.98. The highest BCUT2D eigenvalue weighted by Gasteiger charge is 2.18. The second-order valence-electron chi connectivity index (χ2n) is 4.30. The minimum absolute atomic E-state index is 0.0955. The summed E-state index contributed by atoms with van der Waals surface area (Å²) in [5.74, 6) is 0.717. The summed E-state index contributed by atoms with van der Waals surface area (Å²) < 4.78 is 1.73. The first kappa shape index (κ1) is 15.1. The third-order valence-electron chi connectivity index (χ3n) is 2.93. The molecular formula is C13H22N2O2S. The van der Waals surface area contributed by atoms with Gasteiger partial charge >= 0.3 is 0 Å². The van der Waals surface area contributed by atoms with Crippen LogP contribution in [0.5, 0.6) is 5.88 Å². The SMILES string of the molecule is CCCC(C)n1c(SCC)nc(O)c(CC)c1=O. The van der Waals surface area contributed by atoms with Gasteiger partial charge in [0, 0.05) is 6.04 Å². The van der Waals surface area contributed by atoms with Gasteiger partial charge in [0.25, 0.3) is 5.56 Å². The minimum atomic E-state index is -0.113. The predicted molar refractivity (Wildman–Crippen MR) is 75.6 cm³/mol. The topological polar surface area (TPSA) is 55.1 Å². The van der Waals surface area contributed by atoms with Crippen LogP contribution < -0.4 is 5.56 Å². The molecule has 0 aliphatic rings. The van der Waals surface area contributed by atoms with Crippen molar-refractivity contribution < 1.29 is 5.11 Å². The molecule has 1 atom stereocenters. The number of nitrogens with zero attached hydrogens (tertiary/aromatic N) is 2. The van der Waals surface area contributed by atoms with E-state index in [1.165, 1.54) is 11.8 Å². The van der Waals surface area contributed by atoms with Gasteiger partial charge in [-0.25, -0.2) is 0 Å². The van der Waals surface area contributed by atoms with Crippen LogP contribution >= 0.6 is 11.8 Å². The van der Waals surface area contributed by atoms with Crippen LogP contribution in [0.2, 0.25) is 0 Å². The smallest absolute Gasteiger partial charge is 0.261 e. The Balaban J connectivity index is 3.38. The van der Waals surface area contributed by atoms with Gasteiger partial charge in [-0.05, 0) is 25.5 Å². The number of thioether (sulfide) groups is 1. The Bertz CT molecular complexity index is 457. The summed E-state index contributed by atoms with van der Waals surface area (Å²) in [6, 6.07) is 0.120. The number of hydrogen-bond donors (Lipinski definition) is 1. The molecule has 0 aliphatic carbocycles. The summed E-state index contributed by atoms with van der Waals surface area (Å²) in [5.41, 5.74) is 0.320. The van der Waals surface area contributed by atoms with Gasteiger partial charge in [0.05, 0.1) is 5.56 Å². The summed E-state index contributed by atoms with van der Waals surface area (Å²) in [6.45, 7) is 8.00. The van der Waals surface area contributed by atoms with Crippen molar-refractivity contribution in [1.29, 1.82) is 0 Å². The third kappa shape index (κ3) is 3.07. The molecule has 1 rings (SSSR count). The zero-order valence-electron chi connectivity index (χ0n) is 11.6. The zero-order chi connectivity index (χ0) is 13.7.